The van der Waals surface area contributed by atoms with E-state index >= 15 is 0 Å². The topological polar surface area (TPSA) is 15.3 Å². The van der Waals surface area contributed by atoms with Crippen LogP contribution in [0.5, 0.6) is 0 Å². The highest BCUT2D eigenvalue weighted by Crippen LogP contribution is 2.30. The Balaban J connectivity index is 1.40. The maximum atomic E-state index is 3.74. The Labute approximate surface area is 136 Å². The maximum absolute atomic E-state index is 3.74. The van der Waals surface area contributed by atoms with Gasteiger partial charge in [0.2, 0.25) is 0 Å². The third kappa shape index (κ3) is 4.11. The van der Waals surface area contributed by atoms with Gasteiger partial charge in [-0.2, -0.15) is 0 Å². The van der Waals surface area contributed by atoms with Gasteiger partial charge in [-0.05, 0) is 81.7 Å². The minimum absolute atomic E-state index is 0.874. The van der Waals surface area contributed by atoms with Crippen LogP contribution in [0.2, 0.25) is 0 Å². The quantitative estimate of drug-likeness (QED) is 0.807. The summed E-state index contributed by atoms with van der Waals surface area (Å²) in [5.74, 6) is 0.886. The monoisotopic (exact) mass is 300 g/mol. The molecule has 2 atom stereocenters. The van der Waals surface area contributed by atoms with E-state index in [4.69, 9.17) is 0 Å². The van der Waals surface area contributed by atoms with Gasteiger partial charge in [0.15, 0.2) is 0 Å². The number of aryl methyl sites for hydroxylation is 1. The van der Waals surface area contributed by atoms with E-state index in [2.05, 4.69) is 41.4 Å². The van der Waals surface area contributed by atoms with Gasteiger partial charge in [-0.25, -0.2) is 0 Å². The van der Waals surface area contributed by atoms with Crippen molar-refractivity contribution in [1.82, 2.24) is 10.2 Å². The standard InChI is InChI=1S/C20H32N2/c1-2-17-8-10-18(11-9-17)12-13-21-16-19-6-5-15-22-14-4-3-7-20(19)22/h8-11,19-21H,2-7,12-16H2,1H3/t19-,20+/m0/s1. The number of benzene rings is 1. The summed E-state index contributed by atoms with van der Waals surface area (Å²) in [6.45, 7) is 7.26. The Hall–Kier alpha value is -0.860. The summed E-state index contributed by atoms with van der Waals surface area (Å²) in [7, 11) is 0. The van der Waals surface area contributed by atoms with Gasteiger partial charge < -0.3 is 10.2 Å². The molecular weight excluding hydrogens is 268 g/mol. The Morgan fingerprint density at radius 2 is 1.77 bits per heavy atom. The Bertz CT molecular complexity index is 438. The third-order valence-corrected chi connectivity index (χ3v) is 5.66. The van der Waals surface area contributed by atoms with Crippen molar-refractivity contribution < 1.29 is 0 Å². The molecule has 1 aromatic carbocycles. The Kier molecular flexibility index (Phi) is 5.91. The largest absolute Gasteiger partial charge is 0.316 e. The number of rotatable bonds is 6. The average molecular weight is 300 g/mol. The van der Waals surface area contributed by atoms with E-state index < -0.39 is 0 Å². The number of hydrogen-bond donors (Lipinski definition) is 1. The number of fused-ring (bicyclic) bond motifs is 1. The molecule has 2 heterocycles. The Morgan fingerprint density at radius 1 is 1.00 bits per heavy atom. The van der Waals surface area contributed by atoms with Crippen molar-refractivity contribution >= 4 is 0 Å². The van der Waals surface area contributed by atoms with E-state index in [1.54, 1.807) is 0 Å². The van der Waals surface area contributed by atoms with Gasteiger partial charge in [-0.1, -0.05) is 37.6 Å². The van der Waals surface area contributed by atoms with Gasteiger partial charge in [0.25, 0.3) is 0 Å². The third-order valence-electron chi connectivity index (χ3n) is 5.66. The molecule has 22 heavy (non-hydrogen) atoms. The molecule has 0 aliphatic carbocycles. The molecule has 0 bridgehead atoms. The van der Waals surface area contributed by atoms with E-state index in [0.717, 1.165) is 31.3 Å². The highest BCUT2D eigenvalue weighted by atomic mass is 15.2. The predicted octanol–water partition coefficient (Wildman–Crippen LogP) is 3.65. The first-order chi connectivity index (χ1) is 10.9. The molecule has 122 valence electrons. The van der Waals surface area contributed by atoms with Gasteiger partial charge in [0.05, 0.1) is 0 Å². The first-order valence-electron chi connectivity index (χ1n) is 9.39. The molecule has 2 nitrogen and oxygen atoms in total. The molecule has 2 heteroatoms. The van der Waals surface area contributed by atoms with Crippen molar-refractivity contribution in [2.45, 2.75) is 57.9 Å². The maximum Gasteiger partial charge on any atom is 0.0136 e. The lowest BCUT2D eigenvalue weighted by Gasteiger charge is -2.44. The SMILES string of the molecule is CCc1ccc(CCNC[C@@H]2CCCN3CCCC[C@H]23)cc1. The Morgan fingerprint density at radius 3 is 2.59 bits per heavy atom. The minimum atomic E-state index is 0.874. The summed E-state index contributed by atoms with van der Waals surface area (Å²) in [5.41, 5.74) is 2.91. The smallest absolute Gasteiger partial charge is 0.0136 e. The van der Waals surface area contributed by atoms with Crippen LogP contribution in [0.4, 0.5) is 0 Å². The molecule has 2 saturated heterocycles. The lowest BCUT2D eigenvalue weighted by molar-refractivity contribution is 0.0596. The van der Waals surface area contributed by atoms with E-state index in [1.807, 2.05) is 0 Å². The number of piperidine rings is 2. The molecule has 0 radical (unpaired) electrons. The van der Waals surface area contributed by atoms with Crippen molar-refractivity contribution in [2.24, 2.45) is 5.92 Å². The van der Waals surface area contributed by atoms with Crippen LogP contribution in [-0.2, 0) is 12.8 Å². The van der Waals surface area contributed by atoms with Crippen LogP contribution in [0.15, 0.2) is 24.3 Å². The molecule has 0 saturated carbocycles. The second-order valence-electron chi connectivity index (χ2n) is 7.13. The van der Waals surface area contributed by atoms with Crippen molar-refractivity contribution in [2.75, 3.05) is 26.2 Å². The van der Waals surface area contributed by atoms with Crippen molar-refractivity contribution in [1.29, 1.82) is 0 Å². The van der Waals surface area contributed by atoms with E-state index in [9.17, 15) is 0 Å². The molecule has 2 aliphatic heterocycles. The van der Waals surface area contributed by atoms with E-state index in [1.165, 1.54) is 62.9 Å². The zero-order valence-electron chi connectivity index (χ0n) is 14.2. The summed E-state index contributed by atoms with van der Waals surface area (Å²) < 4.78 is 0. The van der Waals surface area contributed by atoms with Gasteiger partial charge >= 0.3 is 0 Å². The van der Waals surface area contributed by atoms with Crippen LogP contribution in [0, 0.1) is 5.92 Å². The second-order valence-corrected chi connectivity index (χ2v) is 7.13. The van der Waals surface area contributed by atoms with Crippen LogP contribution in [0.25, 0.3) is 0 Å². The summed E-state index contributed by atoms with van der Waals surface area (Å²) in [5, 5.41) is 3.74. The molecule has 1 N–H and O–H groups in total. The molecule has 0 spiro atoms. The first kappa shape index (κ1) is 16.0. The fourth-order valence-electron chi connectivity index (χ4n) is 4.28. The van der Waals surface area contributed by atoms with Gasteiger partial charge in [0, 0.05) is 6.04 Å². The predicted molar refractivity (Wildman–Crippen MR) is 94.3 cm³/mol. The molecule has 0 unspecified atom stereocenters. The van der Waals surface area contributed by atoms with Crippen molar-refractivity contribution in [3.63, 3.8) is 0 Å². The van der Waals surface area contributed by atoms with Crippen LogP contribution in [0.1, 0.15) is 50.2 Å². The van der Waals surface area contributed by atoms with Gasteiger partial charge in [-0.3, -0.25) is 0 Å². The van der Waals surface area contributed by atoms with Crippen LogP contribution >= 0.6 is 0 Å². The normalized spacial score (nSPS) is 25.9. The lowest BCUT2D eigenvalue weighted by Crippen LogP contribution is -2.50. The fraction of sp³-hybridized carbons (Fsp3) is 0.700. The zero-order chi connectivity index (χ0) is 15.2. The van der Waals surface area contributed by atoms with Gasteiger partial charge in [-0.15, -0.1) is 0 Å². The number of nitrogens with one attached hydrogen (secondary N) is 1. The highest BCUT2D eigenvalue weighted by Gasteiger charge is 2.32. The molecule has 0 aromatic heterocycles. The first-order valence-corrected chi connectivity index (χ1v) is 9.39. The minimum Gasteiger partial charge on any atom is -0.316 e. The summed E-state index contributed by atoms with van der Waals surface area (Å²) in [6.07, 6.45) is 9.43. The molecule has 2 aliphatic rings. The average Bonchev–Trinajstić information content (AvgIpc) is 2.59. The second kappa shape index (κ2) is 8.12. The van der Waals surface area contributed by atoms with Crippen LogP contribution in [0.3, 0.4) is 0 Å². The fourth-order valence-corrected chi connectivity index (χ4v) is 4.28. The molecule has 1 aromatic rings. The van der Waals surface area contributed by atoms with Crippen molar-refractivity contribution in [3.05, 3.63) is 35.4 Å². The zero-order valence-corrected chi connectivity index (χ0v) is 14.2. The highest BCUT2D eigenvalue weighted by molar-refractivity contribution is 5.22. The number of nitrogens with zero attached hydrogens (tertiary/aromatic N) is 1. The number of hydrogen-bond acceptors (Lipinski definition) is 2. The van der Waals surface area contributed by atoms with Crippen LogP contribution in [-0.4, -0.2) is 37.1 Å². The summed E-state index contributed by atoms with van der Waals surface area (Å²) >= 11 is 0. The van der Waals surface area contributed by atoms with E-state index in [0.29, 0.717) is 0 Å². The lowest BCUT2D eigenvalue weighted by atomic mass is 9.83. The van der Waals surface area contributed by atoms with Crippen LogP contribution < -0.4 is 5.32 Å². The van der Waals surface area contributed by atoms with Crippen molar-refractivity contribution in [3.8, 4) is 0 Å². The molecule has 2 fully saturated rings. The molecule has 0 amide bonds. The summed E-state index contributed by atoms with van der Waals surface area (Å²) in [6, 6.07) is 10.0. The molecule has 3 rings (SSSR count). The summed E-state index contributed by atoms with van der Waals surface area (Å²) in [4.78, 5) is 2.77. The van der Waals surface area contributed by atoms with E-state index in [-0.39, 0.29) is 0 Å². The molecular formula is C20H32N2. The van der Waals surface area contributed by atoms with Gasteiger partial charge in [0.1, 0.15) is 0 Å².